The quantitative estimate of drug-likeness (QED) is 0.789. The second-order valence-electron chi connectivity index (χ2n) is 5.59. The van der Waals surface area contributed by atoms with E-state index >= 15 is 0 Å². The molecule has 1 amide bonds. The Hall–Kier alpha value is -0.570. The van der Waals surface area contributed by atoms with E-state index in [2.05, 4.69) is 12.2 Å². The highest BCUT2D eigenvalue weighted by Crippen LogP contribution is 2.25. The lowest BCUT2D eigenvalue weighted by Crippen LogP contribution is -2.42. The summed E-state index contributed by atoms with van der Waals surface area (Å²) >= 11 is 0. The van der Waals surface area contributed by atoms with Crippen LogP contribution in [0.1, 0.15) is 45.4 Å². The number of amides is 1. The minimum atomic E-state index is 0.265. The average molecular weight is 224 g/mol. The SMILES string of the molecule is CC1CCCC(NCC(=O)N(C)C2CC2)C1. The van der Waals surface area contributed by atoms with Gasteiger partial charge in [-0.15, -0.1) is 0 Å². The van der Waals surface area contributed by atoms with Gasteiger partial charge in [-0.05, 0) is 31.6 Å². The van der Waals surface area contributed by atoms with Gasteiger partial charge in [0.2, 0.25) is 5.91 Å². The Morgan fingerprint density at radius 2 is 2.06 bits per heavy atom. The molecule has 92 valence electrons. The van der Waals surface area contributed by atoms with Gasteiger partial charge in [0.05, 0.1) is 6.54 Å². The molecule has 0 bridgehead atoms. The maximum absolute atomic E-state index is 11.8. The van der Waals surface area contributed by atoms with Crippen molar-refractivity contribution in [3.8, 4) is 0 Å². The fourth-order valence-corrected chi connectivity index (χ4v) is 2.64. The molecule has 2 aliphatic carbocycles. The second kappa shape index (κ2) is 5.17. The van der Waals surface area contributed by atoms with Crippen molar-refractivity contribution < 1.29 is 4.79 Å². The zero-order valence-electron chi connectivity index (χ0n) is 10.5. The van der Waals surface area contributed by atoms with E-state index in [9.17, 15) is 4.79 Å². The predicted molar refractivity (Wildman–Crippen MR) is 65.2 cm³/mol. The van der Waals surface area contributed by atoms with Gasteiger partial charge >= 0.3 is 0 Å². The van der Waals surface area contributed by atoms with Crippen molar-refractivity contribution >= 4 is 5.91 Å². The third kappa shape index (κ3) is 3.21. The van der Waals surface area contributed by atoms with E-state index in [1.54, 1.807) is 0 Å². The van der Waals surface area contributed by atoms with Gasteiger partial charge in [0, 0.05) is 19.1 Å². The Labute approximate surface area is 98.6 Å². The molecule has 3 heteroatoms. The smallest absolute Gasteiger partial charge is 0.236 e. The normalized spacial score (nSPS) is 30.1. The number of nitrogens with one attached hydrogen (secondary N) is 1. The molecule has 0 aliphatic heterocycles. The number of carbonyl (C=O) groups is 1. The molecule has 16 heavy (non-hydrogen) atoms. The lowest BCUT2D eigenvalue weighted by atomic mass is 9.87. The second-order valence-corrected chi connectivity index (χ2v) is 5.59. The maximum atomic E-state index is 11.8. The molecule has 0 aromatic carbocycles. The van der Waals surface area contributed by atoms with Crippen molar-refractivity contribution in [1.82, 2.24) is 10.2 Å². The number of hydrogen-bond acceptors (Lipinski definition) is 2. The molecule has 0 radical (unpaired) electrons. The van der Waals surface area contributed by atoms with Crippen LogP contribution in [-0.2, 0) is 4.79 Å². The van der Waals surface area contributed by atoms with Crippen LogP contribution in [0.4, 0.5) is 0 Å². The van der Waals surface area contributed by atoms with Gasteiger partial charge in [0.25, 0.3) is 0 Å². The van der Waals surface area contributed by atoms with Crippen LogP contribution in [-0.4, -0.2) is 36.5 Å². The van der Waals surface area contributed by atoms with Crippen molar-refractivity contribution in [3.63, 3.8) is 0 Å². The molecule has 2 saturated carbocycles. The van der Waals surface area contributed by atoms with Crippen LogP contribution in [0.5, 0.6) is 0 Å². The summed E-state index contributed by atoms with van der Waals surface area (Å²) in [6, 6.07) is 1.11. The molecular weight excluding hydrogens is 200 g/mol. The molecule has 2 fully saturated rings. The summed E-state index contributed by atoms with van der Waals surface area (Å²) in [6.07, 6.45) is 7.54. The van der Waals surface area contributed by atoms with E-state index in [0.29, 0.717) is 18.6 Å². The van der Waals surface area contributed by atoms with Gasteiger partial charge in [-0.3, -0.25) is 4.79 Å². The molecular formula is C13H24N2O. The first-order chi connectivity index (χ1) is 7.66. The van der Waals surface area contributed by atoms with E-state index in [1.807, 2.05) is 11.9 Å². The van der Waals surface area contributed by atoms with Crippen molar-refractivity contribution in [1.29, 1.82) is 0 Å². The van der Waals surface area contributed by atoms with Crippen molar-refractivity contribution in [2.24, 2.45) is 5.92 Å². The number of nitrogens with zero attached hydrogens (tertiary/aromatic N) is 1. The van der Waals surface area contributed by atoms with Gasteiger partial charge in [0.15, 0.2) is 0 Å². The van der Waals surface area contributed by atoms with Gasteiger partial charge in [-0.2, -0.15) is 0 Å². The fraction of sp³-hybridized carbons (Fsp3) is 0.923. The third-order valence-corrected chi connectivity index (χ3v) is 3.97. The minimum absolute atomic E-state index is 0.265. The summed E-state index contributed by atoms with van der Waals surface area (Å²) in [6.45, 7) is 2.84. The molecule has 3 nitrogen and oxygen atoms in total. The van der Waals surface area contributed by atoms with Crippen LogP contribution >= 0.6 is 0 Å². The van der Waals surface area contributed by atoms with Gasteiger partial charge in [-0.25, -0.2) is 0 Å². The van der Waals surface area contributed by atoms with Crippen LogP contribution in [0.15, 0.2) is 0 Å². The first-order valence-electron chi connectivity index (χ1n) is 6.66. The monoisotopic (exact) mass is 224 g/mol. The summed E-state index contributed by atoms with van der Waals surface area (Å²) in [5, 5.41) is 3.42. The van der Waals surface area contributed by atoms with E-state index in [4.69, 9.17) is 0 Å². The number of hydrogen-bond donors (Lipinski definition) is 1. The van der Waals surface area contributed by atoms with E-state index in [-0.39, 0.29) is 5.91 Å². The molecule has 0 saturated heterocycles. The number of rotatable bonds is 4. The van der Waals surface area contributed by atoms with Gasteiger partial charge < -0.3 is 10.2 Å². The predicted octanol–water partition coefficient (Wildman–Crippen LogP) is 1.78. The molecule has 0 heterocycles. The average Bonchev–Trinajstić information content (AvgIpc) is 3.09. The summed E-state index contributed by atoms with van der Waals surface area (Å²) in [5.41, 5.74) is 0. The molecule has 2 aliphatic rings. The minimum Gasteiger partial charge on any atom is -0.342 e. The first kappa shape index (κ1) is 11.9. The highest BCUT2D eigenvalue weighted by atomic mass is 16.2. The standard InChI is InChI=1S/C13H24N2O/c1-10-4-3-5-11(8-10)14-9-13(16)15(2)12-6-7-12/h10-12,14H,3-9H2,1-2H3. The Balaban J connectivity index is 1.67. The summed E-state index contributed by atoms with van der Waals surface area (Å²) in [4.78, 5) is 13.7. The Bertz CT molecular complexity index is 250. The molecule has 1 N–H and O–H groups in total. The van der Waals surface area contributed by atoms with Crippen LogP contribution in [0, 0.1) is 5.92 Å². The van der Waals surface area contributed by atoms with E-state index in [0.717, 1.165) is 5.92 Å². The van der Waals surface area contributed by atoms with Crippen molar-refractivity contribution in [3.05, 3.63) is 0 Å². The summed E-state index contributed by atoms with van der Waals surface area (Å²) < 4.78 is 0. The van der Waals surface area contributed by atoms with E-state index in [1.165, 1.54) is 38.5 Å². The van der Waals surface area contributed by atoms with Crippen LogP contribution < -0.4 is 5.32 Å². The van der Waals surface area contributed by atoms with Crippen LogP contribution in [0.3, 0.4) is 0 Å². The Morgan fingerprint density at radius 3 is 2.69 bits per heavy atom. The van der Waals surface area contributed by atoms with E-state index < -0.39 is 0 Å². The zero-order valence-corrected chi connectivity index (χ0v) is 10.5. The highest BCUT2D eigenvalue weighted by Gasteiger charge is 2.29. The fourth-order valence-electron chi connectivity index (χ4n) is 2.64. The largest absolute Gasteiger partial charge is 0.342 e. The van der Waals surface area contributed by atoms with Crippen molar-refractivity contribution in [2.45, 2.75) is 57.5 Å². The first-order valence-corrected chi connectivity index (χ1v) is 6.66. The molecule has 2 rings (SSSR count). The zero-order chi connectivity index (χ0) is 11.5. The van der Waals surface area contributed by atoms with Gasteiger partial charge in [0.1, 0.15) is 0 Å². The molecule has 2 atom stereocenters. The lowest BCUT2D eigenvalue weighted by Gasteiger charge is -2.28. The highest BCUT2D eigenvalue weighted by molar-refractivity contribution is 5.78. The summed E-state index contributed by atoms with van der Waals surface area (Å²) in [7, 11) is 1.94. The van der Waals surface area contributed by atoms with Crippen LogP contribution in [0.2, 0.25) is 0 Å². The summed E-state index contributed by atoms with van der Waals surface area (Å²) in [5.74, 6) is 1.09. The van der Waals surface area contributed by atoms with Crippen molar-refractivity contribution in [2.75, 3.05) is 13.6 Å². The number of carbonyl (C=O) groups excluding carboxylic acids is 1. The topological polar surface area (TPSA) is 32.3 Å². The van der Waals surface area contributed by atoms with Gasteiger partial charge in [-0.1, -0.05) is 19.8 Å². The Morgan fingerprint density at radius 1 is 1.31 bits per heavy atom. The molecule has 2 unspecified atom stereocenters. The lowest BCUT2D eigenvalue weighted by molar-refractivity contribution is -0.129. The Kier molecular flexibility index (Phi) is 3.85. The molecule has 0 spiro atoms. The van der Waals surface area contributed by atoms with Crippen LogP contribution in [0.25, 0.3) is 0 Å². The number of likely N-dealkylation sites (N-methyl/N-ethyl adjacent to an activating group) is 1. The third-order valence-electron chi connectivity index (χ3n) is 3.97. The molecule has 0 aromatic rings. The molecule has 0 aromatic heterocycles. The maximum Gasteiger partial charge on any atom is 0.236 e.